The van der Waals surface area contributed by atoms with Crippen molar-refractivity contribution >= 4 is 6.41 Å². The maximum atomic E-state index is 9.92. The van der Waals surface area contributed by atoms with Gasteiger partial charge in [0.1, 0.15) is 0 Å². The van der Waals surface area contributed by atoms with Gasteiger partial charge in [0.25, 0.3) is 0 Å². The molecule has 0 heterocycles. The first-order valence-corrected chi connectivity index (χ1v) is 3.60. The molecule has 0 aliphatic rings. The third-order valence-corrected chi connectivity index (χ3v) is 1.18. The maximum Gasteiger partial charge on any atom is 0.207 e. The summed E-state index contributed by atoms with van der Waals surface area (Å²) in [6.45, 7) is 6.95. The monoisotopic (exact) mass is 144 g/mol. The van der Waals surface area contributed by atoms with Crippen LogP contribution in [0.1, 0.15) is 20.8 Å². The van der Waals surface area contributed by atoms with Crippen molar-refractivity contribution in [3.8, 4) is 0 Å². The Kier molecular flexibility index (Phi) is 4.94. The first kappa shape index (κ1) is 9.43. The smallest absolute Gasteiger partial charge is 0.207 e. The maximum absolute atomic E-state index is 9.92. The van der Waals surface area contributed by atoms with Crippen LogP contribution in [0, 0.1) is 0 Å². The highest BCUT2D eigenvalue weighted by Gasteiger charge is 1.98. The number of nitrogens with one attached hydrogen (secondary N) is 2. The van der Waals surface area contributed by atoms with E-state index in [-0.39, 0.29) is 6.04 Å². The summed E-state index contributed by atoms with van der Waals surface area (Å²) in [4.78, 5) is 9.92. The van der Waals surface area contributed by atoms with Gasteiger partial charge in [0.05, 0.1) is 0 Å². The largest absolute Gasteiger partial charge is 0.355 e. The molecule has 0 saturated carbocycles. The molecular formula is C7H16N2O. The lowest BCUT2D eigenvalue weighted by atomic mass is 10.3. The summed E-state index contributed by atoms with van der Waals surface area (Å²) in [5.74, 6) is 0. The van der Waals surface area contributed by atoms with Gasteiger partial charge < -0.3 is 10.6 Å². The molecule has 0 aromatic heterocycles. The summed E-state index contributed by atoms with van der Waals surface area (Å²) in [5, 5.41) is 5.87. The van der Waals surface area contributed by atoms with Crippen LogP contribution < -0.4 is 10.6 Å². The SMILES string of the molecule is CC(C)NCC(C)NC=O. The average Bonchev–Trinajstić information content (AvgIpc) is 1.85. The second-order valence-corrected chi connectivity index (χ2v) is 2.75. The Labute approximate surface area is 62.2 Å². The summed E-state index contributed by atoms with van der Waals surface area (Å²) < 4.78 is 0. The van der Waals surface area contributed by atoms with Crippen LogP contribution in [0.25, 0.3) is 0 Å². The number of hydrogen-bond donors (Lipinski definition) is 2. The first-order chi connectivity index (χ1) is 4.66. The molecule has 0 spiro atoms. The Morgan fingerprint density at radius 1 is 1.40 bits per heavy atom. The number of carbonyl (C=O) groups is 1. The zero-order valence-electron chi connectivity index (χ0n) is 6.85. The lowest BCUT2D eigenvalue weighted by Gasteiger charge is -2.13. The van der Waals surface area contributed by atoms with Crippen LogP contribution >= 0.6 is 0 Å². The van der Waals surface area contributed by atoms with Crippen LogP contribution in [0.15, 0.2) is 0 Å². The number of hydrogen-bond acceptors (Lipinski definition) is 2. The van der Waals surface area contributed by atoms with E-state index in [1.54, 1.807) is 0 Å². The third-order valence-electron chi connectivity index (χ3n) is 1.18. The van der Waals surface area contributed by atoms with Crippen molar-refractivity contribution < 1.29 is 4.79 Å². The molecule has 0 aromatic rings. The summed E-state index contributed by atoms with van der Waals surface area (Å²) >= 11 is 0. The highest BCUT2D eigenvalue weighted by Crippen LogP contribution is 1.79. The lowest BCUT2D eigenvalue weighted by Crippen LogP contribution is -2.38. The Balaban J connectivity index is 3.20. The van der Waals surface area contributed by atoms with Gasteiger partial charge in [-0.05, 0) is 6.92 Å². The van der Waals surface area contributed by atoms with Crippen molar-refractivity contribution in [1.29, 1.82) is 0 Å². The molecule has 0 aliphatic carbocycles. The topological polar surface area (TPSA) is 41.1 Å². The van der Waals surface area contributed by atoms with Gasteiger partial charge in [-0.15, -0.1) is 0 Å². The molecule has 1 unspecified atom stereocenters. The standard InChI is InChI=1S/C7H16N2O/c1-6(2)8-4-7(3)9-5-10/h5-8H,4H2,1-3H3,(H,9,10). The van der Waals surface area contributed by atoms with E-state index in [2.05, 4.69) is 24.5 Å². The quantitative estimate of drug-likeness (QED) is 0.538. The molecule has 1 amide bonds. The zero-order valence-corrected chi connectivity index (χ0v) is 6.85. The van der Waals surface area contributed by atoms with Gasteiger partial charge in [0.2, 0.25) is 6.41 Å². The Morgan fingerprint density at radius 2 is 2.00 bits per heavy atom. The van der Waals surface area contributed by atoms with Gasteiger partial charge in [-0.1, -0.05) is 13.8 Å². The van der Waals surface area contributed by atoms with Gasteiger partial charge in [0, 0.05) is 18.6 Å². The minimum atomic E-state index is 0.222. The summed E-state index contributed by atoms with van der Waals surface area (Å²) in [5.41, 5.74) is 0. The normalized spacial score (nSPS) is 13.2. The van der Waals surface area contributed by atoms with Gasteiger partial charge in [-0.25, -0.2) is 0 Å². The predicted octanol–water partition coefficient (Wildman–Crippen LogP) is 0.119. The third kappa shape index (κ3) is 5.56. The summed E-state index contributed by atoms with van der Waals surface area (Å²) in [7, 11) is 0. The molecule has 0 rings (SSSR count). The molecule has 0 fully saturated rings. The fourth-order valence-corrected chi connectivity index (χ4v) is 0.588. The summed E-state index contributed by atoms with van der Waals surface area (Å²) in [6.07, 6.45) is 0.729. The predicted molar refractivity (Wildman–Crippen MR) is 41.8 cm³/mol. The molecule has 3 nitrogen and oxygen atoms in total. The second-order valence-electron chi connectivity index (χ2n) is 2.75. The highest BCUT2D eigenvalue weighted by atomic mass is 16.1. The van der Waals surface area contributed by atoms with E-state index in [4.69, 9.17) is 0 Å². The first-order valence-electron chi connectivity index (χ1n) is 3.60. The van der Waals surface area contributed by atoms with E-state index in [0.29, 0.717) is 6.04 Å². The van der Waals surface area contributed by atoms with Gasteiger partial charge in [-0.3, -0.25) is 4.79 Å². The molecule has 0 bridgehead atoms. The minimum Gasteiger partial charge on any atom is -0.355 e. The fourth-order valence-electron chi connectivity index (χ4n) is 0.588. The Hall–Kier alpha value is -0.570. The molecule has 60 valence electrons. The van der Waals surface area contributed by atoms with E-state index < -0.39 is 0 Å². The molecule has 3 heteroatoms. The van der Waals surface area contributed by atoms with E-state index >= 15 is 0 Å². The molecule has 10 heavy (non-hydrogen) atoms. The van der Waals surface area contributed by atoms with Crippen molar-refractivity contribution in [2.75, 3.05) is 6.54 Å². The van der Waals surface area contributed by atoms with Gasteiger partial charge in [-0.2, -0.15) is 0 Å². The van der Waals surface area contributed by atoms with E-state index in [1.165, 1.54) is 0 Å². The Morgan fingerprint density at radius 3 is 2.40 bits per heavy atom. The molecular weight excluding hydrogens is 128 g/mol. The highest BCUT2D eigenvalue weighted by molar-refractivity contribution is 5.46. The van der Waals surface area contributed by atoms with Gasteiger partial charge in [0.15, 0.2) is 0 Å². The van der Waals surface area contributed by atoms with Crippen molar-refractivity contribution in [2.24, 2.45) is 0 Å². The van der Waals surface area contributed by atoms with E-state index in [9.17, 15) is 4.79 Å². The van der Waals surface area contributed by atoms with Crippen molar-refractivity contribution in [2.45, 2.75) is 32.9 Å². The van der Waals surface area contributed by atoms with Crippen LogP contribution in [-0.4, -0.2) is 25.0 Å². The minimum absolute atomic E-state index is 0.222. The molecule has 1 atom stereocenters. The molecule has 0 saturated heterocycles. The number of rotatable bonds is 5. The van der Waals surface area contributed by atoms with Crippen molar-refractivity contribution in [3.63, 3.8) is 0 Å². The molecule has 0 radical (unpaired) electrons. The number of carbonyl (C=O) groups excluding carboxylic acids is 1. The van der Waals surface area contributed by atoms with Crippen LogP contribution in [0.2, 0.25) is 0 Å². The number of amides is 1. The average molecular weight is 144 g/mol. The fraction of sp³-hybridized carbons (Fsp3) is 0.857. The molecule has 0 aromatic carbocycles. The van der Waals surface area contributed by atoms with Crippen LogP contribution in [0.4, 0.5) is 0 Å². The van der Waals surface area contributed by atoms with Crippen molar-refractivity contribution in [1.82, 2.24) is 10.6 Å². The molecule has 2 N–H and O–H groups in total. The van der Waals surface area contributed by atoms with Crippen molar-refractivity contribution in [3.05, 3.63) is 0 Å². The van der Waals surface area contributed by atoms with Crippen LogP contribution in [-0.2, 0) is 4.79 Å². The van der Waals surface area contributed by atoms with E-state index in [0.717, 1.165) is 13.0 Å². The summed E-state index contributed by atoms with van der Waals surface area (Å²) in [6, 6.07) is 0.704. The van der Waals surface area contributed by atoms with Crippen LogP contribution in [0.5, 0.6) is 0 Å². The zero-order chi connectivity index (χ0) is 7.98. The van der Waals surface area contributed by atoms with E-state index in [1.807, 2.05) is 6.92 Å². The Bertz CT molecular complexity index is 93.6. The lowest BCUT2D eigenvalue weighted by molar-refractivity contribution is -0.110. The van der Waals surface area contributed by atoms with Gasteiger partial charge >= 0.3 is 0 Å². The second kappa shape index (κ2) is 5.23. The molecule has 0 aliphatic heterocycles. The van der Waals surface area contributed by atoms with Crippen LogP contribution in [0.3, 0.4) is 0 Å².